The fraction of sp³-hybridized carbons (Fsp3) is 0.545. The van der Waals surface area contributed by atoms with Crippen molar-refractivity contribution in [2.24, 2.45) is 0 Å². The molecule has 0 bridgehead atoms. The molecule has 0 amide bonds. The van der Waals surface area contributed by atoms with Crippen LogP contribution in [0.2, 0.25) is 0 Å². The number of nitrogens with zero attached hydrogens (tertiary/aromatic N) is 2. The van der Waals surface area contributed by atoms with Crippen LogP contribution in [0.3, 0.4) is 0 Å². The average molecular weight is 270 g/mol. The van der Waals surface area contributed by atoms with E-state index in [4.69, 9.17) is 0 Å². The minimum Gasteiger partial charge on any atom is -0.309 e. The number of hydrogen-bond acceptors (Lipinski definition) is 2. The molecule has 0 spiro atoms. The Kier molecular flexibility index (Phi) is 3.26. The van der Waals surface area contributed by atoms with E-state index in [0.717, 1.165) is 36.2 Å². The normalized spacial score (nSPS) is 15.3. The van der Waals surface area contributed by atoms with Crippen LogP contribution in [-0.4, -0.2) is 22.9 Å². The van der Waals surface area contributed by atoms with Gasteiger partial charge in [-0.25, -0.2) is 0 Å². The van der Waals surface area contributed by atoms with Crippen LogP contribution in [-0.2, 0) is 13.0 Å². The Morgan fingerprint density at radius 3 is 2.67 bits per heavy atom. The zero-order valence-corrected chi connectivity index (χ0v) is 10.8. The molecule has 0 radical (unpaired) electrons. The predicted molar refractivity (Wildman–Crippen MR) is 65.8 cm³/mol. The summed E-state index contributed by atoms with van der Waals surface area (Å²) in [4.78, 5) is 0. The molecule has 0 unspecified atom stereocenters. The highest BCUT2D eigenvalue weighted by Gasteiger charge is 2.14. The highest BCUT2D eigenvalue weighted by molar-refractivity contribution is 9.10. The molecule has 0 aliphatic carbocycles. The number of rotatable bonds is 3. The van der Waals surface area contributed by atoms with Crippen LogP contribution in [0.4, 0.5) is 0 Å². The molecule has 82 valence electrons. The molecule has 1 aliphatic heterocycles. The van der Waals surface area contributed by atoms with Gasteiger partial charge in [-0.05, 0) is 40.9 Å². The first kappa shape index (κ1) is 10.9. The van der Waals surface area contributed by atoms with E-state index >= 15 is 0 Å². The van der Waals surface area contributed by atoms with Crippen molar-refractivity contribution in [2.75, 3.05) is 13.1 Å². The Labute approximate surface area is 98.7 Å². The van der Waals surface area contributed by atoms with Crippen molar-refractivity contribution in [3.8, 4) is 0 Å². The Hall–Kier alpha value is -0.610. The van der Waals surface area contributed by atoms with E-state index in [1.807, 2.05) is 0 Å². The maximum absolute atomic E-state index is 4.56. The molecular formula is C11H16BrN3. The van der Waals surface area contributed by atoms with Crippen LogP contribution in [0.1, 0.15) is 25.2 Å². The van der Waals surface area contributed by atoms with Gasteiger partial charge >= 0.3 is 0 Å². The summed E-state index contributed by atoms with van der Waals surface area (Å²) >= 11 is 3.64. The van der Waals surface area contributed by atoms with Crippen LogP contribution in [0.15, 0.2) is 10.0 Å². The van der Waals surface area contributed by atoms with Gasteiger partial charge in [-0.15, -0.1) is 0 Å². The van der Waals surface area contributed by atoms with Gasteiger partial charge in [-0.3, -0.25) is 4.68 Å². The predicted octanol–water partition coefficient (Wildman–Crippen LogP) is 2.21. The SMILES string of the molecule is CCc1nn(CC)c(C=C2CNC2)c1Br. The number of aromatic nitrogens is 2. The molecule has 2 rings (SSSR count). The molecule has 3 nitrogen and oxygen atoms in total. The maximum atomic E-state index is 4.56. The van der Waals surface area contributed by atoms with Gasteiger partial charge in [0.1, 0.15) is 0 Å². The molecule has 1 fully saturated rings. The lowest BCUT2D eigenvalue weighted by Crippen LogP contribution is -2.33. The molecule has 0 saturated carbocycles. The minimum atomic E-state index is 0.922. The fourth-order valence-electron chi connectivity index (χ4n) is 1.67. The molecule has 0 atom stereocenters. The third-order valence-electron chi connectivity index (χ3n) is 2.68. The van der Waals surface area contributed by atoms with Crippen LogP contribution < -0.4 is 5.32 Å². The minimum absolute atomic E-state index is 0.922. The number of halogens is 1. The van der Waals surface area contributed by atoms with E-state index in [1.54, 1.807) is 0 Å². The smallest absolute Gasteiger partial charge is 0.0770 e. The highest BCUT2D eigenvalue weighted by atomic mass is 79.9. The largest absolute Gasteiger partial charge is 0.309 e. The van der Waals surface area contributed by atoms with Crippen LogP contribution in [0, 0.1) is 0 Å². The van der Waals surface area contributed by atoms with Gasteiger partial charge in [0.2, 0.25) is 0 Å². The van der Waals surface area contributed by atoms with Gasteiger partial charge in [0, 0.05) is 19.6 Å². The molecule has 1 aromatic heterocycles. The van der Waals surface area contributed by atoms with Gasteiger partial charge in [0.05, 0.1) is 15.9 Å². The molecule has 1 N–H and O–H groups in total. The van der Waals surface area contributed by atoms with Crippen LogP contribution >= 0.6 is 15.9 Å². The summed E-state index contributed by atoms with van der Waals surface area (Å²) in [5.41, 5.74) is 3.81. The van der Waals surface area contributed by atoms with Crippen molar-refractivity contribution < 1.29 is 0 Å². The van der Waals surface area contributed by atoms with E-state index in [0.29, 0.717) is 0 Å². The molecular weight excluding hydrogens is 254 g/mol. The second-order valence-electron chi connectivity index (χ2n) is 3.72. The molecule has 4 heteroatoms. The van der Waals surface area contributed by atoms with Gasteiger partial charge in [-0.1, -0.05) is 6.92 Å². The molecule has 1 aromatic rings. The lowest BCUT2D eigenvalue weighted by atomic mass is 10.1. The van der Waals surface area contributed by atoms with Crippen molar-refractivity contribution in [3.63, 3.8) is 0 Å². The van der Waals surface area contributed by atoms with Gasteiger partial charge < -0.3 is 5.32 Å². The van der Waals surface area contributed by atoms with E-state index in [2.05, 4.69) is 51.0 Å². The Morgan fingerprint density at radius 2 is 2.20 bits per heavy atom. The first-order valence-electron chi connectivity index (χ1n) is 5.41. The van der Waals surface area contributed by atoms with E-state index in [9.17, 15) is 0 Å². The molecule has 1 saturated heterocycles. The highest BCUT2D eigenvalue weighted by Crippen LogP contribution is 2.25. The summed E-state index contributed by atoms with van der Waals surface area (Å²) < 4.78 is 3.22. The molecule has 2 heterocycles. The van der Waals surface area contributed by atoms with Gasteiger partial charge in [-0.2, -0.15) is 5.10 Å². The summed E-state index contributed by atoms with van der Waals surface area (Å²) in [5.74, 6) is 0. The topological polar surface area (TPSA) is 29.9 Å². The van der Waals surface area contributed by atoms with Gasteiger partial charge in [0.15, 0.2) is 0 Å². The van der Waals surface area contributed by atoms with E-state index in [1.165, 1.54) is 11.3 Å². The van der Waals surface area contributed by atoms with Crippen molar-refractivity contribution in [1.29, 1.82) is 0 Å². The van der Waals surface area contributed by atoms with Crippen molar-refractivity contribution in [1.82, 2.24) is 15.1 Å². The van der Waals surface area contributed by atoms with E-state index < -0.39 is 0 Å². The monoisotopic (exact) mass is 269 g/mol. The summed E-state index contributed by atoms with van der Waals surface area (Å²) in [7, 11) is 0. The summed E-state index contributed by atoms with van der Waals surface area (Å²) in [6.07, 6.45) is 3.22. The lowest BCUT2D eigenvalue weighted by molar-refractivity contribution is 0.637. The first-order chi connectivity index (χ1) is 7.26. The zero-order valence-electron chi connectivity index (χ0n) is 9.18. The van der Waals surface area contributed by atoms with Gasteiger partial charge in [0.25, 0.3) is 0 Å². The Bertz CT molecular complexity index is 387. The zero-order chi connectivity index (χ0) is 10.8. The fourth-order valence-corrected chi connectivity index (χ4v) is 2.35. The number of aryl methyl sites for hydroxylation is 2. The van der Waals surface area contributed by atoms with Crippen molar-refractivity contribution in [3.05, 3.63) is 21.4 Å². The summed E-state index contributed by atoms with van der Waals surface area (Å²) in [6.45, 7) is 7.21. The summed E-state index contributed by atoms with van der Waals surface area (Å²) in [5, 5.41) is 7.81. The standard InChI is InChI=1S/C11H16BrN3/c1-3-9-11(12)10(15(4-2)14-9)5-8-6-13-7-8/h5,13H,3-4,6-7H2,1-2H3. The second kappa shape index (κ2) is 4.49. The molecule has 1 aliphatic rings. The average Bonchev–Trinajstić information content (AvgIpc) is 2.49. The summed E-state index contributed by atoms with van der Waals surface area (Å²) in [6, 6.07) is 0. The maximum Gasteiger partial charge on any atom is 0.0770 e. The number of hydrogen-bond donors (Lipinski definition) is 1. The second-order valence-corrected chi connectivity index (χ2v) is 4.51. The molecule has 15 heavy (non-hydrogen) atoms. The Balaban J connectivity index is 2.38. The third-order valence-corrected chi connectivity index (χ3v) is 3.54. The molecule has 0 aromatic carbocycles. The quantitative estimate of drug-likeness (QED) is 0.912. The number of nitrogens with one attached hydrogen (secondary N) is 1. The van der Waals surface area contributed by atoms with Crippen LogP contribution in [0.25, 0.3) is 6.08 Å². The van der Waals surface area contributed by atoms with Crippen molar-refractivity contribution >= 4 is 22.0 Å². The van der Waals surface area contributed by atoms with Crippen molar-refractivity contribution in [2.45, 2.75) is 26.8 Å². The first-order valence-corrected chi connectivity index (χ1v) is 6.20. The Morgan fingerprint density at radius 1 is 1.47 bits per heavy atom. The van der Waals surface area contributed by atoms with E-state index in [-0.39, 0.29) is 0 Å². The third kappa shape index (κ3) is 2.01. The van der Waals surface area contributed by atoms with Crippen LogP contribution in [0.5, 0.6) is 0 Å². The lowest BCUT2D eigenvalue weighted by Gasteiger charge is -2.18.